The number of amides is 2. The van der Waals surface area contributed by atoms with Crippen LogP contribution in [-0.2, 0) is 11.3 Å². The average Bonchev–Trinajstić information content (AvgIpc) is 3.11. The van der Waals surface area contributed by atoms with Crippen LogP contribution in [0.5, 0.6) is 0 Å². The molecule has 2 heterocycles. The number of carbonyl (C=O) groups is 2. The highest BCUT2D eigenvalue weighted by molar-refractivity contribution is 7.09. The number of likely N-dealkylation sites (tertiary alicyclic amines) is 1. The molecule has 0 radical (unpaired) electrons. The number of piperidine rings is 1. The van der Waals surface area contributed by atoms with Gasteiger partial charge in [-0.2, -0.15) is 0 Å². The molecular weight excluding hydrogens is 408 g/mol. The molecule has 0 aliphatic carbocycles. The molecule has 8 heteroatoms. The molecule has 3 rings (SSSR count). The Labute approximate surface area is 180 Å². The summed E-state index contributed by atoms with van der Waals surface area (Å²) in [6.45, 7) is 7.22. The molecule has 6 nitrogen and oxygen atoms in total. The number of nitrogens with zero attached hydrogens (tertiary/aromatic N) is 2. The molecule has 1 aliphatic rings. The largest absolute Gasteiger partial charge is 0.352 e. The molecule has 0 saturated carbocycles. The molecule has 0 unspecified atom stereocenters. The van der Waals surface area contributed by atoms with E-state index in [9.17, 15) is 9.59 Å². The molecule has 1 saturated heterocycles. The van der Waals surface area contributed by atoms with E-state index in [1.807, 2.05) is 13.8 Å². The van der Waals surface area contributed by atoms with Gasteiger partial charge in [0.2, 0.25) is 5.91 Å². The average molecular weight is 435 g/mol. The SMILES string of the molecule is CCCNC(=O)c1ccc(NC(=O)C2CCN(Cc3csc(C)n3)CC2)cc1Cl. The van der Waals surface area contributed by atoms with Crippen LogP contribution in [0.15, 0.2) is 23.6 Å². The van der Waals surface area contributed by atoms with E-state index in [-0.39, 0.29) is 17.7 Å². The van der Waals surface area contributed by atoms with Crippen molar-refractivity contribution in [3.63, 3.8) is 0 Å². The number of nitrogens with one attached hydrogen (secondary N) is 2. The lowest BCUT2D eigenvalue weighted by Gasteiger charge is -2.30. The number of carbonyl (C=O) groups excluding carboxylic acids is 2. The standard InChI is InChI=1S/C21H27ClN4O2S/c1-3-8-23-21(28)18-5-4-16(11-19(18)22)25-20(27)15-6-9-26(10-7-15)12-17-13-29-14(2)24-17/h4-5,11,13,15H,3,6-10,12H2,1-2H3,(H,23,28)(H,25,27). The first-order valence-electron chi connectivity index (χ1n) is 9.98. The van der Waals surface area contributed by atoms with Crippen LogP contribution in [-0.4, -0.2) is 41.3 Å². The van der Waals surface area contributed by atoms with Gasteiger partial charge in [-0.1, -0.05) is 18.5 Å². The third-order valence-electron chi connectivity index (χ3n) is 5.03. The fraction of sp³-hybridized carbons (Fsp3) is 0.476. The molecule has 156 valence electrons. The Morgan fingerprint density at radius 3 is 2.69 bits per heavy atom. The van der Waals surface area contributed by atoms with E-state index >= 15 is 0 Å². The molecule has 2 aromatic rings. The van der Waals surface area contributed by atoms with Crippen molar-refractivity contribution in [2.75, 3.05) is 25.0 Å². The summed E-state index contributed by atoms with van der Waals surface area (Å²) >= 11 is 7.92. The molecule has 1 fully saturated rings. The summed E-state index contributed by atoms with van der Waals surface area (Å²) in [5.74, 6) is -0.208. The Morgan fingerprint density at radius 1 is 1.31 bits per heavy atom. The van der Waals surface area contributed by atoms with Gasteiger partial charge >= 0.3 is 0 Å². The predicted molar refractivity (Wildman–Crippen MR) is 118 cm³/mol. The topological polar surface area (TPSA) is 74.3 Å². The molecule has 0 bridgehead atoms. The molecule has 2 N–H and O–H groups in total. The van der Waals surface area contributed by atoms with Gasteiger partial charge in [0.15, 0.2) is 0 Å². The number of benzene rings is 1. The second-order valence-corrected chi connectivity index (χ2v) is 8.82. The quantitative estimate of drug-likeness (QED) is 0.688. The van der Waals surface area contributed by atoms with Crippen LogP contribution in [0.4, 0.5) is 5.69 Å². The summed E-state index contributed by atoms with van der Waals surface area (Å²) in [6, 6.07) is 5.02. The number of rotatable bonds is 7. The number of aryl methyl sites for hydroxylation is 1. The minimum atomic E-state index is -0.197. The Hall–Kier alpha value is -1.96. The minimum Gasteiger partial charge on any atom is -0.352 e. The van der Waals surface area contributed by atoms with E-state index in [2.05, 4.69) is 25.9 Å². The van der Waals surface area contributed by atoms with Crippen LogP contribution in [0.1, 0.15) is 47.2 Å². The number of halogens is 1. The monoisotopic (exact) mass is 434 g/mol. The summed E-state index contributed by atoms with van der Waals surface area (Å²) in [4.78, 5) is 31.6. The van der Waals surface area contributed by atoms with E-state index < -0.39 is 0 Å². The number of thiazole rings is 1. The third kappa shape index (κ3) is 6.01. The maximum absolute atomic E-state index is 12.6. The maximum atomic E-state index is 12.6. The van der Waals surface area contributed by atoms with Gasteiger partial charge in [0.05, 0.1) is 21.3 Å². The summed E-state index contributed by atoms with van der Waals surface area (Å²) in [7, 11) is 0. The summed E-state index contributed by atoms with van der Waals surface area (Å²) < 4.78 is 0. The molecule has 29 heavy (non-hydrogen) atoms. The van der Waals surface area contributed by atoms with E-state index in [0.29, 0.717) is 22.8 Å². The van der Waals surface area contributed by atoms with E-state index in [1.165, 1.54) is 0 Å². The highest BCUT2D eigenvalue weighted by Crippen LogP contribution is 2.24. The van der Waals surface area contributed by atoms with Crippen LogP contribution in [0.2, 0.25) is 5.02 Å². The van der Waals surface area contributed by atoms with Gasteiger partial charge in [0, 0.05) is 30.1 Å². The third-order valence-corrected chi connectivity index (χ3v) is 6.16. The lowest BCUT2D eigenvalue weighted by Crippen LogP contribution is -2.37. The lowest BCUT2D eigenvalue weighted by atomic mass is 9.95. The van der Waals surface area contributed by atoms with Crippen molar-refractivity contribution in [1.29, 1.82) is 0 Å². The molecular formula is C21H27ClN4O2S. The normalized spacial score (nSPS) is 15.3. The van der Waals surface area contributed by atoms with Crippen molar-refractivity contribution >= 4 is 40.4 Å². The second-order valence-electron chi connectivity index (χ2n) is 7.35. The van der Waals surface area contributed by atoms with Gasteiger partial charge in [-0.15, -0.1) is 11.3 Å². The van der Waals surface area contributed by atoms with Crippen molar-refractivity contribution in [1.82, 2.24) is 15.2 Å². The summed E-state index contributed by atoms with van der Waals surface area (Å²) in [5, 5.41) is 9.27. The number of aromatic nitrogens is 1. The van der Waals surface area contributed by atoms with Crippen LogP contribution < -0.4 is 10.6 Å². The first-order chi connectivity index (χ1) is 14.0. The summed E-state index contributed by atoms with van der Waals surface area (Å²) in [6.07, 6.45) is 2.50. The van der Waals surface area contributed by atoms with E-state index in [0.717, 1.165) is 49.6 Å². The second kappa shape index (κ2) is 10.2. The zero-order valence-electron chi connectivity index (χ0n) is 16.8. The number of hydrogen-bond acceptors (Lipinski definition) is 5. The molecule has 0 spiro atoms. The van der Waals surface area contributed by atoms with Crippen LogP contribution >= 0.6 is 22.9 Å². The molecule has 1 aliphatic heterocycles. The van der Waals surface area contributed by atoms with Crippen molar-refractivity contribution in [2.24, 2.45) is 5.92 Å². The summed E-state index contributed by atoms with van der Waals surface area (Å²) in [5.41, 5.74) is 2.14. The van der Waals surface area contributed by atoms with Crippen molar-refractivity contribution in [2.45, 2.75) is 39.7 Å². The Balaban J connectivity index is 1.50. The van der Waals surface area contributed by atoms with E-state index in [1.54, 1.807) is 29.5 Å². The van der Waals surface area contributed by atoms with Crippen LogP contribution in [0.3, 0.4) is 0 Å². The minimum absolute atomic E-state index is 0.00778. The van der Waals surface area contributed by atoms with Gasteiger partial charge in [-0.05, 0) is 57.5 Å². The van der Waals surface area contributed by atoms with Crippen LogP contribution in [0, 0.1) is 12.8 Å². The van der Waals surface area contributed by atoms with Crippen molar-refractivity contribution < 1.29 is 9.59 Å². The zero-order chi connectivity index (χ0) is 20.8. The lowest BCUT2D eigenvalue weighted by molar-refractivity contribution is -0.121. The Bertz CT molecular complexity index is 862. The molecule has 1 aromatic carbocycles. The Kier molecular flexibility index (Phi) is 7.64. The fourth-order valence-corrected chi connectivity index (χ4v) is 4.29. The van der Waals surface area contributed by atoms with Gasteiger partial charge in [-0.25, -0.2) is 4.98 Å². The predicted octanol–water partition coefficient (Wildman–Crippen LogP) is 4.10. The zero-order valence-corrected chi connectivity index (χ0v) is 18.4. The number of anilines is 1. The van der Waals surface area contributed by atoms with Crippen LogP contribution in [0.25, 0.3) is 0 Å². The Morgan fingerprint density at radius 2 is 2.07 bits per heavy atom. The van der Waals surface area contributed by atoms with Gasteiger partial charge < -0.3 is 10.6 Å². The maximum Gasteiger partial charge on any atom is 0.252 e. The smallest absolute Gasteiger partial charge is 0.252 e. The van der Waals surface area contributed by atoms with E-state index in [4.69, 9.17) is 11.6 Å². The highest BCUT2D eigenvalue weighted by atomic mass is 35.5. The van der Waals surface area contributed by atoms with Gasteiger partial charge in [-0.3, -0.25) is 14.5 Å². The number of hydrogen-bond donors (Lipinski definition) is 2. The van der Waals surface area contributed by atoms with Crippen molar-refractivity contribution in [3.8, 4) is 0 Å². The first kappa shape index (κ1) is 21.7. The van der Waals surface area contributed by atoms with Crippen molar-refractivity contribution in [3.05, 3.63) is 44.9 Å². The van der Waals surface area contributed by atoms with Gasteiger partial charge in [0.25, 0.3) is 5.91 Å². The van der Waals surface area contributed by atoms with Gasteiger partial charge in [0.1, 0.15) is 0 Å². The molecule has 1 aromatic heterocycles. The fourth-order valence-electron chi connectivity index (χ4n) is 3.42. The highest BCUT2D eigenvalue weighted by Gasteiger charge is 2.25. The molecule has 0 atom stereocenters. The first-order valence-corrected chi connectivity index (χ1v) is 11.2. The molecule has 2 amide bonds.